The van der Waals surface area contributed by atoms with E-state index in [1.807, 2.05) is 18.2 Å². The number of thioether (sulfide) groups is 1. The van der Waals surface area contributed by atoms with Crippen molar-refractivity contribution in [1.82, 2.24) is 10.1 Å². The van der Waals surface area contributed by atoms with Gasteiger partial charge in [-0.25, -0.2) is 4.39 Å². The van der Waals surface area contributed by atoms with Crippen LogP contribution in [0.3, 0.4) is 0 Å². The number of nitrogens with zero attached hydrogens (tertiary/aromatic N) is 3. The fourth-order valence-electron chi connectivity index (χ4n) is 5.92. The number of halogens is 3. The first-order valence-corrected chi connectivity index (χ1v) is 16.4. The molecule has 45 heavy (non-hydrogen) atoms. The molecule has 1 N–H and O–H groups in total. The number of benzene rings is 2. The van der Waals surface area contributed by atoms with Crippen molar-refractivity contribution in [2.24, 2.45) is 16.8 Å². The zero-order valence-electron chi connectivity index (χ0n) is 25.3. The zero-order valence-corrected chi connectivity index (χ0v) is 27.6. The minimum Gasteiger partial charge on any atom is -0.400 e. The highest BCUT2D eigenvalue weighted by atomic mass is 35.5. The second-order valence-corrected chi connectivity index (χ2v) is 12.9. The first-order valence-electron chi connectivity index (χ1n) is 14.7. The molecule has 3 aromatic rings. The van der Waals surface area contributed by atoms with Crippen molar-refractivity contribution >= 4 is 53.7 Å². The molecule has 0 amide bonds. The Morgan fingerprint density at radius 2 is 1.80 bits per heavy atom. The van der Waals surface area contributed by atoms with E-state index in [1.165, 1.54) is 17.8 Å². The summed E-state index contributed by atoms with van der Waals surface area (Å²) in [5.74, 6) is 2.56. The van der Waals surface area contributed by atoms with Crippen LogP contribution in [-0.2, 0) is 11.3 Å². The molecule has 2 unspecified atom stereocenters. The summed E-state index contributed by atoms with van der Waals surface area (Å²) in [6.45, 7) is 12.6. The Morgan fingerprint density at radius 3 is 2.36 bits per heavy atom. The van der Waals surface area contributed by atoms with E-state index in [0.29, 0.717) is 68.3 Å². The van der Waals surface area contributed by atoms with Crippen LogP contribution in [0, 0.1) is 17.7 Å². The summed E-state index contributed by atoms with van der Waals surface area (Å²) in [6.07, 6.45) is 8.27. The Labute approximate surface area is 278 Å². The summed E-state index contributed by atoms with van der Waals surface area (Å²) in [5.41, 5.74) is 2.84. The lowest BCUT2D eigenvalue weighted by Crippen LogP contribution is -2.23. The Hall–Kier alpha value is -2.79. The van der Waals surface area contributed by atoms with Gasteiger partial charge in [0.05, 0.1) is 22.8 Å². The van der Waals surface area contributed by atoms with E-state index < -0.39 is 5.82 Å². The highest BCUT2D eigenvalue weighted by molar-refractivity contribution is 7.99. The minimum atomic E-state index is -0.520. The average Bonchev–Trinajstić information content (AvgIpc) is 3.53. The van der Waals surface area contributed by atoms with Crippen LogP contribution >= 0.6 is 35.0 Å². The number of carbonyl (C=O) groups excluding carboxylic acids is 1. The molecule has 2 saturated carbocycles. The van der Waals surface area contributed by atoms with Crippen molar-refractivity contribution in [2.75, 3.05) is 26.1 Å². The molecule has 7 nitrogen and oxygen atoms in total. The van der Waals surface area contributed by atoms with Gasteiger partial charge in [0.15, 0.2) is 5.82 Å². The molecule has 3 aliphatic rings. The molecule has 0 spiro atoms. The molecule has 1 saturated heterocycles. The smallest absolute Gasteiger partial charge is 0.150 e. The number of carbonyl (C=O) groups is 1. The van der Waals surface area contributed by atoms with E-state index in [-0.39, 0.29) is 11.8 Å². The molecular formula is C34H38Cl2FN3O4S. The van der Waals surface area contributed by atoms with Crippen LogP contribution in [0.1, 0.15) is 53.3 Å². The summed E-state index contributed by atoms with van der Waals surface area (Å²) < 4.78 is 26.5. The third kappa shape index (κ3) is 8.52. The number of fused-ring (bicyclic) bond motifs is 1. The number of aldehydes is 1. The number of aromatic nitrogens is 1. The van der Waals surface area contributed by atoms with Crippen molar-refractivity contribution in [3.05, 3.63) is 88.4 Å². The summed E-state index contributed by atoms with van der Waals surface area (Å²) in [7, 11) is 1.00. The van der Waals surface area contributed by atoms with Crippen molar-refractivity contribution in [3.8, 4) is 11.3 Å². The van der Waals surface area contributed by atoms with Crippen molar-refractivity contribution in [2.45, 2.75) is 49.2 Å². The lowest BCUT2D eigenvalue weighted by molar-refractivity contribution is 0.0375. The van der Waals surface area contributed by atoms with Crippen LogP contribution in [0.25, 0.3) is 11.3 Å². The standard InChI is InChI=1S/C29H28Cl2FN3O3S.C4H6.CH4O/c1-33-28-24(32)7-16(13-36)8-25(28)39-15-35-11-18-9-20(10-19(18)12-35)37-14-21-27(34-38-29(21)17-5-6-17)26-22(30)3-2-4-23(26)31;1-3-4-2;1-2/h2-4,7-8,13,17-20H,1,5-6,9-12,14-15H2;3-4H,1-2H2;2H,1H3/t18-,19?,20?;;/m0../s1. The molecule has 2 aromatic carbocycles. The SMILES string of the molecule is C=CC=C.C=Nc1c(F)cc(C=O)cc1SCN1CC2CC(OCc3c(-c4c(Cl)cccc4Cl)noc3C3CC3)C[C@H]2C1.CO. The predicted molar refractivity (Wildman–Crippen MR) is 181 cm³/mol. The molecule has 240 valence electrons. The van der Waals surface area contributed by atoms with Crippen molar-refractivity contribution < 1.29 is 23.6 Å². The van der Waals surface area contributed by atoms with E-state index in [4.69, 9.17) is 37.6 Å². The van der Waals surface area contributed by atoms with Crippen LogP contribution in [-0.4, -0.2) is 60.3 Å². The lowest BCUT2D eigenvalue weighted by atomic mass is 10.0. The molecule has 2 heterocycles. The first-order chi connectivity index (χ1) is 21.9. The van der Waals surface area contributed by atoms with Gasteiger partial charge >= 0.3 is 0 Å². The number of likely N-dealkylation sites (tertiary alicyclic amines) is 1. The Morgan fingerprint density at radius 1 is 1.16 bits per heavy atom. The van der Waals surface area contributed by atoms with E-state index in [0.717, 1.165) is 57.2 Å². The number of aliphatic imine (C=N–C) groups is 1. The van der Waals surface area contributed by atoms with Crippen LogP contribution in [0.15, 0.2) is 70.1 Å². The van der Waals surface area contributed by atoms with Crippen molar-refractivity contribution in [1.29, 1.82) is 0 Å². The highest BCUT2D eigenvalue weighted by Gasteiger charge is 2.42. The number of aliphatic hydroxyl groups is 1. The van der Waals surface area contributed by atoms with Gasteiger partial charge in [0.25, 0.3) is 0 Å². The topological polar surface area (TPSA) is 88.2 Å². The Kier molecular flexibility index (Phi) is 13.0. The van der Waals surface area contributed by atoms with Crippen LogP contribution < -0.4 is 0 Å². The fourth-order valence-corrected chi connectivity index (χ4v) is 7.55. The third-order valence-electron chi connectivity index (χ3n) is 8.13. The number of hydrogen-bond donors (Lipinski definition) is 1. The molecule has 2 aliphatic carbocycles. The normalized spacial score (nSPS) is 20.3. The van der Waals surface area contributed by atoms with Gasteiger partial charge in [-0.05, 0) is 68.5 Å². The predicted octanol–water partition coefficient (Wildman–Crippen LogP) is 8.75. The molecule has 3 fully saturated rings. The van der Waals surface area contributed by atoms with Crippen LogP contribution in [0.4, 0.5) is 10.1 Å². The molecule has 3 atom stereocenters. The highest BCUT2D eigenvalue weighted by Crippen LogP contribution is 2.47. The minimum absolute atomic E-state index is 0.168. The Bertz CT molecular complexity index is 1470. The summed E-state index contributed by atoms with van der Waals surface area (Å²) >= 11 is 14.5. The second-order valence-electron chi connectivity index (χ2n) is 11.1. The van der Waals surface area contributed by atoms with E-state index in [1.54, 1.807) is 18.2 Å². The third-order valence-corrected chi connectivity index (χ3v) is 9.87. The quantitative estimate of drug-likeness (QED) is 0.0942. The summed E-state index contributed by atoms with van der Waals surface area (Å²) in [4.78, 5) is 18.0. The van der Waals surface area contributed by atoms with Crippen LogP contribution in [0.2, 0.25) is 10.0 Å². The Balaban J connectivity index is 0.000000713. The van der Waals surface area contributed by atoms with Gasteiger partial charge < -0.3 is 14.4 Å². The van der Waals surface area contributed by atoms with Crippen LogP contribution in [0.5, 0.6) is 0 Å². The van der Waals surface area contributed by atoms with Crippen molar-refractivity contribution in [3.63, 3.8) is 0 Å². The first kappa shape index (κ1) is 35.1. The van der Waals surface area contributed by atoms with Gasteiger partial charge in [-0.3, -0.25) is 14.7 Å². The van der Waals surface area contributed by atoms with Gasteiger partial charge in [0.2, 0.25) is 0 Å². The average molecular weight is 675 g/mol. The molecule has 0 bridgehead atoms. The second kappa shape index (κ2) is 16.7. The number of aliphatic hydroxyl groups excluding tert-OH is 1. The molecule has 1 aliphatic heterocycles. The molecule has 11 heteroatoms. The fraction of sp³-hybridized carbons (Fsp3) is 0.382. The zero-order chi connectivity index (χ0) is 32.5. The molecular weight excluding hydrogens is 636 g/mol. The van der Waals surface area contributed by atoms with Gasteiger partial charge in [-0.2, -0.15) is 0 Å². The maximum atomic E-state index is 14.3. The van der Waals surface area contributed by atoms with Gasteiger partial charge in [0, 0.05) is 53.6 Å². The largest absolute Gasteiger partial charge is 0.400 e. The molecule has 0 radical (unpaired) electrons. The van der Waals surface area contributed by atoms with E-state index in [9.17, 15) is 9.18 Å². The monoisotopic (exact) mass is 673 g/mol. The number of allylic oxidation sites excluding steroid dienone is 2. The lowest BCUT2D eigenvalue weighted by Gasteiger charge is -2.19. The summed E-state index contributed by atoms with van der Waals surface area (Å²) in [5, 5.41) is 12.5. The van der Waals surface area contributed by atoms with Gasteiger partial charge in [-0.15, -0.1) is 11.8 Å². The van der Waals surface area contributed by atoms with E-state index >= 15 is 0 Å². The summed E-state index contributed by atoms with van der Waals surface area (Å²) in [6, 6.07) is 8.31. The van der Waals surface area contributed by atoms with E-state index in [2.05, 4.69) is 34.9 Å². The van der Waals surface area contributed by atoms with Gasteiger partial charge in [-0.1, -0.05) is 59.7 Å². The molecule has 1 aromatic heterocycles. The number of hydrogen-bond acceptors (Lipinski definition) is 8. The number of ether oxygens (including phenoxy) is 1. The molecule has 6 rings (SSSR count). The number of rotatable bonds is 11. The maximum Gasteiger partial charge on any atom is 0.150 e. The maximum absolute atomic E-state index is 14.3. The van der Waals surface area contributed by atoms with Gasteiger partial charge in [0.1, 0.15) is 23.4 Å².